The third kappa shape index (κ3) is 6.53. The highest BCUT2D eigenvalue weighted by atomic mass is 19.3. The lowest BCUT2D eigenvalue weighted by Crippen LogP contribution is -2.47. The normalized spacial score (nSPS) is 11.5. The maximum Gasteiger partial charge on any atom is 0.387 e. The largest absolute Gasteiger partial charge is 0.435 e. The Hall–Kier alpha value is -3.94. The van der Waals surface area contributed by atoms with Crippen LogP contribution in [-0.4, -0.2) is 24.5 Å². The average Bonchev–Trinajstić information content (AvgIpc) is 2.80. The zero-order valence-corrected chi connectivity index (χ0v) is 17.3. The average molecular weight is 439 g/mol. The first-order chi connectivity index (χ1) is 15.4. The maximum absolute atomic E-state index is 12.8. The van der Waals surface area contributed by atoms with E-state index in [1.807, 2.05) is 30.3 Å². The van der Waals surface area contributed by atoms with E-state index in [-0.39, 0.29) is 5.75 Å². The van der Waals surface area contributed by atoms with Crippen LogP contribution in [0.15, 0.2) is 78.9 Å². The number of ether oxygens (including phenoxy) is 1. The van der Waals surface area contributed by atoms with Crippen molar-refractivity contribution in [1.82, 2.24) is 10.9 Å². The Kier molecular flexibility index (Phi) is 7.75. The molecule has 0 aliphatic rings. The number of alkyl halides is 2. The second kappa shape index (κ2) is 10.9. The van der Waals surface area contributed by atoms with Crippen molar-refractivity contribution in [3.8, 4) is 5.75 Å². The van der Waals surface area contributed by atoms with Gasteiger partial charge in [-0.15, -0.1) is 0 Å². The van der Waals surface area contributed by atoms with Crippen LogP contribution >= 0.6 is 0 Å². The quantitative estimate of drug-likeness (QED) is 0.461. The molecule has 0 aromatic heterocycles. The van der Waals surface area contributed by atoms with E-state index in [0.29, 0.717) is 23.2 Å². The van der Waals surface area contributed by atoms with Gasteiger partial charge in [0.05, 0.1) is 0 Å². The highest BCUT2D eigenvalue weighted by Crippen LogP contribution is 2.27. The number of benzene rings is 3. The van der Waals surface area contributed by atoms with Crippen LogP contribution in [0.3, 0.4) is 0 Å². The van der Waals surface area contributed by atoms with Crippen molar-refractivity contribution in [3.05, 3.63) is 95.6 Å². The number of hydrazine groups is 1. The van der Waals surface area contributed by atoms with Crippen molar-refractivity contribution in [2.24, 2.45) is 0 Å². The van der Waals surface area contributed by atoms with Gasteiger partial charge in [0.2, 0.25) is 0 Å². The van der Waals surface area contributed by atoms with Gasteiger partial charge >= 0.3 is 6.61 Å². The molecule has 32 heavy (non-hydrogen) atoms. The van der Waals surface area contributed by atoms with Gasteiger partial charge in [-0.25, -0.2) is 0 Å². The van der Waals surface area contributed by atoms with Crippen LogP contribution in [0.4, 0.5) is 14.5 Å². The fourth-order valence-electron chi connectivity index (χ4n) is 3.04. The van der Waals surface area contributed by atoms with Gasteiger partial charge in [0.25, 0.3) is 11.8 Å². The fourth-order valence-corrected chi connectivity index (χ4v) is 3.04. The van der Waals surface area contributed by atoms with Crippen molar-refractivity contribution < 1.29 is 23.1 Å². The van der Waals surface area contributed by atoms with Crippen LogP contribution in [0.2, 0.25) is 0 Å². The lowest BCUT2D eigenvalue weighted by molar-refractivity contribution is -0.122. The third-order valence-electron chi connectivity index (χ3n) is 4.63. The Morgan fingerprint density at radius 3 is 2.22 bits per heavy atom. The molecule has 0 bridgehead atoms. The van der Waals surface area contributed by atoms with Gasteiger partial charge < -0.3 is 10.1 Å². The van der Waals surface area contributed by atoms with Crippen LogP contribution in [0, 0.1) is 0 Å². The number of anilines is 1. The highest BCUT2D eigenvalue weighted by Gasteiger charge is 2.16. The number of rotatable bonds is 8. The Balaban J connectivity index is 1.65. The summed E-state index contributed by atoms with van der Waals surface area (Å²) in [6.45, 7) is -1.33. The molecule has 0 heterocycles. The second-order valence-electron chi connectivity index (χ2n) is 7.04. The monoisotopic (exact) mass is 439 g/mol. The fraction of sp³-hybridized carbons (Fsp3) is 0.167. The molecular formula is C24H23F2N3O3. The Morgan fingerprint density at radius 1 is 0.906 bits per heavy atom. The summed E-state index contributed by atoms with van der Waals surface area (Å²) in [5.41, 5.74) is 7.16. The molecule has 166 valence electrons. The minimum absolute atomic E-state index is 0.0710. The molecule has 0 saturated carbocycles. The molecule has 3 aromatic rings. The standard InChI is InChI=1S/C24H23F2N3O3/c1-16(22(30)28-29-23(31)18-10-6-3-7-11-18)27-20-12-13-21(32-24(25)26)19(15-20)14-17-8-4-2-5-9-17/h2-13,15-16,24,27H,14H2,1H3,(H,28,30)(H,29,31)/t16-/m0/s1. The van der Waals surface area contributed by atoms with E-state index in [0.717, 1.165) is 5.56 Å². The minimum atomic E-state index is -2.94. The smallest absolute Gasteiger partial charge is 0.387 e. The zero-order chi connectivity index (χ0) is 22.9. The number of halogens is 2. The Morgan fingerprint density at radius 2 is 1.56 bits per heavy atom. The van der Waals surface area contributed by atoms with Crippen molar-refractivity contribution in [1.29, 1.82) is 0 Å². The van der Waals surface area contributed by atoms with Gasteiger partial charge in [-0.2, -0.15) is 8.78 Å². The lowest BCUT2D eigenvalue weighted by atomic mass is 10.0. The van der Waals surface area contributed by atoms with Gasteiger partial charge in [0.15, 0.2) is 0 Å². The molecule has 3 aromatic carbocycles. The van der Waals surface area contributed by atoms with Crippen molar-refractivity contribution in [2.75, 3.05) is 5.32 Å². The molecule has 0 aliphatic heterocycles. The van der Waals surface area contributed by atoms with Gasteiger partial charge in [-0.05, 0) is 42.8 Å². The SMILES string of the molecule is C[C@H](Nc1ccc(OC(F)F)c(Cc2ccccc2)c1)C(=O)NNC(=O)c1ccccc1. The first-order valence-electron chi connectivity index (χ1n) is 9.96. The molecule has 0 spiro atoms. The minimum Gasteiger partial charge on any atom is -0.435 e. The number of hydrogen-bond acceptors (Lipinski definition) is 4. The summed E-state index contributed by atoms with van der Waals surface area (Å²) in [6, 6.07) is 21.8. The first kappa shape index (κ1) is 22.7. The molecule has 0 radical (unpaired) electrons. The molecule has 0 fully saturated rings. The molecule has 0 unspecified atom stereocenters. The summed E-state index contributed by atoms with van der Waals surface area (Å²) >= 11 is 0. The maximum atomic E-state index is 12.8. The van der Waals surface area contributed by atoms with E-state index in [2.05, 4.69) is 20.9 Å². The van der Waals surface area contributed by atoms with Crippen molar-refractivity contribution >= 4 is 17.5 Å². The van der Waals surface area contributed by atoms with Crippen LogP contribution in [0.5, 0.6) is 5.75 Å². The molecule has 0 aliphatic carbocycles. The predicted octanol–water partition coefficient (Wildman–Crippen LogP) is 4.14. The molecule has 0 saturated heterocycles. The first-order valence-corrected chi connectivity index (χ1v) is 9.96. The van der Waals surface area contributed by atoms with E-state index in [1.165, 1.54) is 6.07 Å². The summed E-state index contributed by atoms with van der Waals surface area (Å²) in [5.74, 6) is -0.835. The summed E-state index contributed by atoms with van der Waals surface area (Å²) < 4.78 is 30.3. The van der Waals surface area contributed by atoms with Crippen LogP contribution in [-0.2, 0) is 11.2 Å². The summed E-state index contributed by atoms with van der Waals surface area (Å²) in [7, 11) is 0. The van der Waals surface area contributed by atoms with E-state index in [4.69, 9.17) is 0 Å². The number of carbonyl (C=O) groups is 2. The zero-order valence-electron chi connectivity index (χ0n) is 17.3. The number of amides is 2. The van der Waals surface area contributed by atoms with Gasteiger partial charge in [-0.3, -0.25) is 20.4 Å². The summed E-state index contributed by atoms with van der Waals surface area (Å²) in [6.07, 6.45) is 0.381. The summed E-state index contributed by atoms with van der Waals surface area (Å²) in [5, 5.41) is 3.01. The Labute approximate surface area is 184 Å². The molecule has 8 heteroatoms. The summed E-state index contributed by atoms with van der Waals surface area (Å²) in [4.78, 5) is 24.4. The highest BCUT2D eigenvalue weighted by molar-refractivity contribution is 5.96. The molecule has 6 nitrogen and oxygen atoms in total. The third-order valence-corrected chi connectivity index (χ3v) is 4.63. The number of carbonyl (C=O) groups excluding carboxylic acids is 2. The van der Waals surface area contributed by atoms with E-state index in [9.17, 15) is 18.4 Å². The number of nitrogens with one attached hydrogen (secondary N) is 3. The van der Waals surface area contributed by atoms with Crippen molar-refractivity contribution in [2.45, 2.75) is 26.0 Å². The second-order valence-corrected chi connectivity index (χ2v) is 7.04. The van der Waals surface area contributed by atoms with Gasteiger partial charge in [-0.1, -0.05) is 48.5 Å². The van der Waals surface area contributed by atoms with E-state index in [1.54, 1.807) is 49.4 Å². The predicted molar refractivity (Wildman–Crippen MR) is 117 cm³/mol. The van der Waals surface area contributed by atoms with E-state index < -0.39 is 24.5 Å². The Bertz CT molecular complexity index is 1050. The van der Waals surface area contributed by atoms with Crippen LogP contribution < -0.4 is 20.9 Å². The number of hydrogen-bond donors (Lipinski definition) is 3. The van der Waals surface area contributed by atoms with Crippen LogP contribution in [0.25, 0.3) is 0 Å². The lowest BCUT2D eigenvalue weighted by Gasteiger charge is -2.18. The van der Waals surface area contributed by atoms with Crippen molar-refractivity contribution in [3.63, 3.8) is 0 Å². The molecular weight excluding hydrogens is 416 g/mol. The van der Waals surface area contributed by atoms with E-state index >= 15 is 0 Å². The molecule has 3 rings (SSSR count). The molecule has 2 amide bonds. The van der Waals surface area contributed by atoms with Crippen LogP contribution in [0.1, 0.15) is 28.4 Å². The van der Waals surface area contributed by atoms with Gasteiger partial charge in [0, 0.05) is 23.2 Å². The molecule has 3 N–H and O–H groups in total. The molecule has 1 atom stereocenters. The topological polar surface area (TPSA) is 79.5 Å². The van der Waals surface area contributed by atoms with Gasteiger partial charge in [0.1, 0.15) is 11.8 Å².